The maximum absolute atomic E-state index is 12.8. The van der Waals surface area contributed by atoms with Gasteiger partial charge in [0.1, 0.15) is 0 Å². The number of hydrogen-bond donors (Lipinski definition) is 1. The molecule has 0 spiro atoms. The Morgan fingerprint density at radius 2 is 1.78 bits per heavy atom. The molecule has 0 saturated heterocycles. The van der Waals surface area contributed by atoms with E-state index in [2.05, 4.69) is 0 Å². The first-order valence-corrected chi connectivity index (χ1v) is 8.18. The van der Waals surface area contributed by atoms with Gasteiger partial charge in [-0.3, -0.25) is 9.59 Å². The number of hydrogen-bond acceptors (Lipinski definition) is 3. The van der Waals surface area contributed by atoms with Crippen LogP contribution in [0, 0.1) is 0 Å². The molecule has 0 fully saturated rings. The molecule has 0 radical (unpaired) electrons. The summed E-state index contributed by atoms with van der Waals surface area (Å²) in [5.41, 5.74) is 4.17. The number of benzene rings is 2. The van der Waals surface area contributed by atoms with E-state index in [0.717, 1.165) is 27.1 Å². The van der Waals surface area contributed by atoms with Gasteiger partial charge in [0.25, 0.3) is 0 Å². The molecule has 114 valence electrons. The van der Waals surface area contributed by atoms with Crippen LogP contribution in [0.5, 0.6) is 0 Å². The van der Waals surface area contributed by atoms with Gasteiger partial charge in [-0.15, -0.1) is 0 Å². The maximum atomic E-state index is 12.8. The Morgan fingerprint density at radius 1 is 1.09 bits per heavy atom. The lowest BCUT2D eigenvalue weighted by Gasteiger charge is -2.16. The Bertz CT molecular complexity index is 987. The molecule has 0 unspecified atom stereocenters. The minimum Gasteiger partial charge on any atom is -0.481 e. The zero-order valence-corrected chi connectivity index (χ0v) is 13.2. The Kier molecular flexibility index (Phi) is 3.06. The Morgan fingerprint density at radius 3 is 2.52 bits per heavy atom. The summed E-state index contributed by atoms with van der Waals surface area (Å²) in [6, 6.07) is 13.2. The Labute approximate surface area is 136 Å². The fourth-order valence-electron chi connectivity index (χ4n) is 3.25. The van der Waals surface area contributed by atoms with Crippen molar-refractivity contribution in [3.8, 4) is 11.1 Å². The second-order valence-corrected chi connectivity index (χ2v) is 6.46. The van der Waals surface area contributed by atoms with Gasteiger partial charge < -0.3 is 9.67 Å². The van der Waals surface area contributed by atoms with Crippen LogP contribution in [0.2, 0.25) is 0 Å². The maximum Gasteiger partial charge on any atom is 0.313 e. The van der Waals surface area contributed by atoms with E-state index in [1.165, 1.54) is 11.8 Å². The van der Waals surface area contributed by atoms with E-state index >= 15 is 0 Å². The zero-order valence-electron chi connectivity index (χ0n) is 12.4. The van der Waals surface area contributed by atoms with Crippen LogP contribution in [0.1, 0.15) is 15.9 Å². The van der Waals surface area contributed by atoms with Crippen molar-refractivity contribution in [3.63, 3.8) is 0 Å². The molecule has 0 atom stereocenters. The number of carboxylic acid groups (broad SMARTS) is 1. The van der Waals surface area contributed by atoms with Gasteiger partial charge in [0, 0.05) is 29.1 Å². The number of fused-ring (bicyclic) bond motifs is 2. The van der Waals surface area contributed by atoms with Crippen LogP contribution < -0.4 is 0 Å². The molecular formula is C18H13NO3S. The molecule has 23 heavy (non-hydrogen) atoms. The average molecular weight is 323 g/mol. The van der Waals surface area contributed by atoms with Crippen LogP contribution in [-0.2, 0) is 11.8 Å². The third kappa shape index (κ3) is 1.93. The smallest absolute Gasteiger partial charge is 0.313 e. The third-order valence-electron chi connectivity index (χ3n) is 4.19. The highest BCUT2D eigenvalue weighted by Crippen LogP contribution is 2.46. The molecule has 1 heterocycles. The van der Waals surface area contributed by atoms with Crippen molar-refractivity contribution in [3.05, 3.63) is 53.6 Å². The topological polar surface area (TPSA) is 59.3 Å². The summed E-state index contributed by atoms with van der Waals surface area (Å²) in [6.07, 6.45) is 0. The zero-order chi connectivity index (χ0) is 16.1. The molecule has 1 aliphatic carbocycles. The highest BCUT2D eigenvalue weighted by atomic mass is 32.2. The van der Waals surface area contributed by atoms with E-state index in [0.29, 0.717) is 11.1 Å². The van der Waals surface area contributed by atoms with Crippen molar-refractivity contribution in [1.82, 2.24) is 4.57 Å². The molecule has 0 bridgehead atoms. The fourth-order valence-corrected chi connectivity index (χ4v) is 4.16. The van der Waals surface area contributed by atoms with E-state index < -0.39 is 5.97 Å². The Hall–Kier alpha value is -2.53. The van der Waals surface area contributed by atoms with Gasteiger partial charge in [0.05, 0.1) is 16.3 Å². The van der Waals surface area contributed by atoms with Crippen molar-refractivity contribution in [2.75, 3.05) is 5.75 Å². The first kappa shape index (κ1) is 14.1. The van der Waals surface area contributed by atoms with Gasteiger partial charge in [-0.05, 0) is 11.6 Å². The standard InChI is InChI=1S/C18H13NO3S/c1-19-13-8-4-7-12-15(13)16(18(19)23-9-14(20)21)10-5-2-3-6-11(10)17(12)22/h2-8H,9H2,1H3,(H,20,21). The van der Waals surface area contributed by atoms with Crippen LogP contribution in [0.25, 0.3) is 22.0 Å². The summed E-state index contributed by atoms with van der Waals surface area (Å²) in [5, 5.41) is 10.8. The first-order valence-electron chi connectivity index (χ1n) is 7.19. The summed E-state index contributed by atoms with van der Waals surface area (Å²) < 4.78 is 1.98. The van der Waals surface area contributed by atoms with E-state index in [1.807, 2.05) is 54.1 Å². The van der Waals surface area contributed by atoms with Gasteiger partial charge in [-0.2, -0.15) is 0 Å². The monoisotopic (exact) mass is 323 g/mol. The van der Waals surface area contributed by atoms with Crippen molar-refractivity contribution in [2.24, 2.45) is 7.05 Å². The molecule has 0 amide bonds. The van der Waals surface area contributed by atoms with Crippen molar-refractivity contribution < 1.29 is 14.7 Å². The molecule has 3 aromatic rings. The molecule has 5 heteroatoms. The lowest BCUT2D eigenvalue weighted by molar-refractivity contribution is -0.133. The van der Waals surface area contributed by atoms with E-state index in [-0.39, 0.29) is 11.5 Å². The second-order valence-electron chi connectivity index (χ2n) is 5.50. The molecule has 0 saturated carbocycles. The Balaban J connectivity index is 2.10. The number of thioether (sulfide) groups is 1. The van der Waals surface area contributed by atoms with Crippen LogP contribution >= 0.6 is 11.8 Å². The molecule has 1 N–H and O–H groups in total. The number of rotatable bonds is 3. The SMILES string of the molecule is Cn1c(SCC(=O)O)c2c3c(cccc31)C(=O)c1ccccc1-2. The van der Waals surface area contributed by atoms with Crippen LogP contribution in [-0.4, -0.2) is 27.2 Å². The van der Waals surface area contributed by atoms with Gasteiger partial charge >= 0.3 is 5.97 Å². The lowest BCUT2D eigenvalue weighted by Crippen LogP contribution is -2.08. The molecule has 4 nitrogen and oxygen atoms in total. The molecule has 1 aromatic heterocycles. The molecular weight excluding hydrogens is 310 g/mol. The fraction of sp³-hybridized carbons (Fsp3) is 0.111. The minimum absolute atomic E-state index is 0.0113. The third-order valence-corrected chi connectivity index (χ3v) is 5.33. The predicted octanol–water partition coefficient (Wildman–Crippen LogP) is 3.57. The van der Waals surface area contributed by atoms with Crippen LogP contribution in [0.3, 0.4) is 0 Å². The van der Waals surface area contributed by atoms with Gasteiger partial charge in [0.15, 0.2) is 5.78 Å². The number of nitrogens with zero attached hydrogens (tertiary/aromatic N) is 1. The number of aliphatic carboxylic acids is 1. The molecule has 0 aliphatic heterocycles. The summed E-state index contributed by atoms with van der Waals surface area (Å²) in [4.78, 5) is 23.8. The molecule has 4 rings (SSSR count). The number of ketones is 1. The second kappa shape index (κ2) is 4.99. The summed E-state index contributed by atoms with van der Waals surface area (Å²) >= 11 is 1.29. The van der Waals surface area contributed by atoms with Crippen LogP contribution in [0.15, 0.2) is 47.5 Å². The largest absolute Gasteiger partial charge is 0.481 e. The van der Waals surface area contributed by atoms with Crippen molar-refractivity contribution >= 4 is 34.4 Å². The average Bonchev–Trinajstić information content (AvgIpc) is 2.84. The quantitative estimate of drug-likeness (QED) is 0.586. The summed E-state index contributed by atoms with van der Waals surface area (Å²) in [6.45, 7) is 0. The van der Waals surface area contributed by atoms with Crippen LogP contribution in [0.4, 0.5) is 0 Å². The van der Waals surface area contributed by atoms with Gasteiger partial charge in [0.2, 0.25) is 0 Å². The molecule has 1 aliphatic rings. The summed E-state index contributed by atoms with van der Waals surface area (Å²) in [7, 11) is 1.91. The van der Waals surface area contributed by atoms with E-state index in [1.54, 1.807) is 0 Å². The lowest BCUT2D eigenvalue weighted by atomic mass is 9.86. The highest BCUT2D eigenvalue weighted by molar-refractivity contribution is 8.00. The van der Waals surface area contributed by atoms with Gasteiger partial charge in [-0.1, -0.05) is 48.2 Å². The highest BCUT2D eigenvalue weighted by Gasteiger charge is 2.30. The first-order chi connectivity index (χ1) is 11.1. The summed E-state index contributed by atoms with van der Waals surface area (Å²) in [5.74, 6) is -0.838. The van der Waals surface area contributed by atoms with E-state index in [9.17, 15) is 9.59 Å². The number of aromatic nitrogens is 1. The van der Waals surface area contributed by atoms with Crippen molar-refractivity contribution in [1.29, 1.82) is 0 Å². The number of carbonyl (C=O) groups excluding carboxylic acids is 1. The van der Waals surface area contributed by atoms with E-state index in [4.69, 9.17) is 5.11 Å². The molecule has 2 aromatic carbocycles. The normalized spacial score (nSPS) is 12.5. The minimum atomic E-state index is -0.854. The number of carboxylic acids is 1. The predicted molar refractivity (Wildman–Crippen MR) is 90.1 cm³/mol. The van der Waals surface area contributed by atoms with Gasteiger partial charge in [-0.25, -0.2) is 0 Å². The number of carbonyl (C=O) groups is 2. The van der Waals surface area contributed by atoms with Crippen molar-refractivity contribution in [2.45, 2.75) is 5.03 Å². The number of aryl methyl sites for hydroxylation is 1.